The van der Waals surface area contributed by atoms with Crippen molar-refractivity contribution < 1.29 is 26.9 Å². The van der Waals surface area contributed by atoms with Crippen LogP contribution in [-0.2, 0) is 15.5 Å². The number of rotatable bonds is 2. The summed E-state index contributed by atoms with van der Waals surface area (Å²) in [5.74, 6) is 0. The van der Waals surface area contributed by atoms with Crippen molar-refractivity contribution in [1.82, 2.24) is 0 Å². The summed E-state index contributed by atoms with van der Waals surface area (Å²) in [6.45, 7) is 7.43. The van der Waals surface area contributed by atoms with E-state index >= 15 is 0 Å². The minimum absolute atomic E-state index is 0.333. The Kier molecular flexibility index (Phi) is 3.84. The van der Waals surface area contributed by atoms with Gasteiger partial charge in [0.1, 0.15) is 0 Å². The molecular weight excluding hydrogens is 320 g/mol. The van der Waals surface area contributed by atoms with E-state index in [0.717, 1.165) is 12.1 Å². The quantitative estimate of drug-likeness (QED) is 0.767. The van der Waals surface area contributed by atoms with Crippen molar-refractivity contribution in [2.24, 2.45) is 0 Å². The molecule has 128 valence electrons. The van der Waals surface area contributed by atoms with Crippen molar-refractivity contribution in [2.75, 3.05) is 0 Å². The first-order valence-electron chi connectivity index (χ1n) is 7.60. The van der Waals surface area contributed by atoms with Crippen molar-refractivity contribution in [3.8, 4) is 11.1 Å². The van der Waals surface area contributed by atoms with Gasteiger partial charge in [0.2, 0.25) is 0 Å². The molecule has 24 heavy (non-hydrogen) atoms. The van der Waals surface area contributed by atoms with Gasteiger partial charge in [0.05, 0.1) is 29.3 Å². The summed E-state index contributed by atoms with van der Waals surface area (Å²) in [5.41, 5.74) is -0.684. The van der Waals surface area contributed by atoms with E-state index in [0.29, 0.717) is 16.6 Å². The van der Waals surface area contributed by atoms with Crippen molar-refractivity contribution in [3.05, 3.63) is 42.4 Å². The molecule has 0 amide bonds. The molecule has 0 radical (unpaired) electrons. The average molecular weight is 338 g/mol. The summed E-state index contributed by atoms with van der Waals surface area (Å²) in [6.07, 6.45) is -1.63. The molecule has 1 aliphatic heterocycles. The second kappa shape index (κ2) is 5.39. The minimum atomic E-state index is -4.46. The zero-order chi connectivity index (χ0) is 17.8. The first-order valence-corrected chi connectivity index (χ1v) is 7.60. The van der Waals surface area contributed by atoms with Crippen LogP contribution in [0.2, 0.25) is 0 Å². The van der Waals surface area contributed by atoms with Crippen LogP contribution in [0, 0.1) is 0 Å². The first-order chi connectivity index (χ1) is 11.0. The van der Waals surface area contributed by atoms with Gasteiger partial charge in [-0.2, -0.15) is 13.2 Å². The van der Waals surface area contributed by atoms with E-state index < -0.39 is 30.1 Å². The molecular formula is C17H18BF3O3. The lowest BCUT2D eigenvalue weighted by molar-refractivity contribution is -0.137. The predicted molar refractivity (Wildman–Crippen MR) is 84.9 cm³/mol. The van der Waals surface area contributed by atoms with E-state index in [1.54, 1.807) is 12.1 Å². The number of furan rings is 1. The summed E-state index contributed by atoms with van der Waals surface area (Å²) < 4.78 is 56.6. The van der Waals surface area contributed by atoms with Gasteiger partial charge in [-0.25, -0.2) is 0 Å². The van der Waals surface area contributed by atoms with E-state index in [9.17, 15) is 13.2 Å². The monoisotopic (exact) mass is 338 g/mol. The lowest BCUT2D eigenvalue weighted by Crippen LogP contribution is -2.41. The van der Waals surface area contributed by atoms with Gasteiger partial charge in [-0.1, -0.05) is 12.1 Å². The maximum Gasteiger partial charge on any atom is 0.494 e. The Hall–Kier alpha value is -1.73. The number of halogens is 3. The van der Waals surface area contributed by atoms with Crippen molar-refractivity contribution in [2.45, 2.75) is 45.1 Å². The van der Waals surface area contributed by atoms with Gasteiger partial charge in [-0.3, -0.25) is 0 Å². The van der Waals surface area contributed by atoms with Crippen LogP contribution in [0.1, 0.15) is 33.3 Å². The highest BCUT2D eigenvalue weighted by molar-refractivity contribution is 6.62. The molecule has 0 unspecified atom stereocenters. The maximum absolute atomic E-state index is 13.3. The normalized spacial score (nSPS) is 19.7. The summed E-state index contributed by atoms with van der Waals surface area (Å²) in [6, 6.07) is 5.43. The number of alkyl halides is 3. The second-order valence-electron chi connectivity index (χ2n) is 6.94. The molecule has 7 heteroatoms. The highest BCUT2D eigenvalue weighted by Crippen LogP contribution is 2.38. The fourth-order valence-electron chi connectivity index (χ4n) is 2.53. The Balaban J connectivity index is 2.07. The fraction of sp³-hybridized carbons (Fsp3) is 0.412. The van der Waals surface area contributed by atoms with Crippen LogP contribution in [0.15, 0.2) is 41.2 Å². The molecule has 3 rings (SSSR count). The van der Waals surface area contributed by atoms with Crippen molar-refractivity contribution in [1.29, 1.82) is 0 Å². The fourth-order valence-corrected chi connectivity index (χ4v) is 2.53. The standard InChI is InChI=1S/C17H18BF3O3/c1-15(2)16(3,4)24-18(23-15)14-8-12(11-5-6-22-10-11)7-13(9-14)17(19,20)21/h5-10H,1-4H3. The van der Waals surface area contributed by atoms with Crippen LogP contribution < -0.4 is 5.46 Å². The molecule has 2 aromatic rings. The Morgan fingerprint density at radius 3 is 2.04 bits per heavy atom. The van der Waals surface area contributed by atoms with E-state index in [2.05, 4.69) is 0 Å². The van der Waals surface area contributed by atoms with Gasteiger partial charge >= 0.3 is 13.3 Å². The molecule has 0 aliphatic carbocycles. The average Bonchev–Trinajstić information content (AvgIpc) is 3.04. The predicted octanol–water partition coefficient (Wildman–Crippen LogP) is 4.26. The van der Waals surface area contributed by atoms with E-state index in [4.69, 9.17) is 13.7 Å². The van der Waals surface area contributed by atoms with Crippen LogP contribution in [0.5, 0.6) is 0 Å². The molecule has 1 aromatic heterocycles. The molecule has 0 saturated carbocycles. The highest BCUT2D eigenvalue weighted by atomic mass is 19.4. The van der Waals surface area contributed by atoms with Crippen LogP contribution in [0.3, 0.4) is 0 Å². The van der Waals surface area contributed by atoms with Gasteiger partial charge in [-0.05, 0) is 50.9 Å². The smallest absolute Gasteiger partial charge is 0.472 e. The van der Waals surface area contributed by atoms with E-state index in [1.807, 2.05) is 27.7 Å². The minimum Gasteiger partial charge on any atom is -0.472 e. The third-order valence-corrected chi connectivity index (χ3v) is 4.66. The second-order valence-corrected chi connectivity index (χ2v) is 6.94. The van der Waals surface area contributed by atoms with Gasteiger partial charge in [-0.15, -0.1) is 0 Å². The number of hydrogen-bond donors (Lipinski definition) is 0. The van der Waals surface area contributed by atoms with Crippen LogP contribution in [-0.4, -0.2) is 18.3 Å². The third kappa shape index (κ3) is 2.98. The molecule has 0 spiro atoms. The summed E-state index contributed by atoms with van der Waals surface area (Å²) >= 11 is 0. The molecule has 3 nitrogen and oxygen atoms in total. The molecule has 1 saturated heterocycles. The van der Waals surface area contributed by atoms with Crippen LogP contribution in [0.25, 0.3) is 11.1 Å². The van der Waals surface area contributed by atoms with Crippen LogP contribution >= 0.6 is 0 Å². The zero-order valence-electron chi connectivity index (χ0n) is 13.9. The Bertz CT molecular complexity index is 720. The topological polar surface area (TPSA) is 31.6 Å². The van der Waals surface area contributed by atoms with Crippen molar-refractivity contribution >= 4 is 12.6 Å². The zero-order valence-corrected chi connectivity index (χ0v) is 13.9. The summed E-state index contributed by atoms with van der Waals surface area (Å²) in [4.78, 5) is 0. The first kappa shape index (κ1) is 17.1. The molecule has 0 atom stereocenters. The van der Waals surface area contributed by atoms with Crippen molar-refractivity contribution in [3.63, 3.8) is 0 Å². The molecule has 1 aromatic carbocycles. The Morgan fingerprint density at radius 1 is 0.917 bits per heavy atom. The van der Waals surface area contributed by atoms with E-state index in [-0.39, 0.29) is 0 Å². The lowest BCUT2D eigenvalue weighted by atomic mass is 9.77. The van der Waals surface area contributed by atoms with Crippen LogP contribution in [0.4, 0.5) is 13.2 Å². The lowest BCUT2D eigenvalue weighted by Gasteiger charge is -2.32. The van der Waals surface area contributed by atoms with Gasteiger partial charge in [0.15, 0.2) is 0 Å². The molecule has 1 fully saturated rings. The summed E-state index contributed by atoms with van der Waals surface area (Å²) in [5, 5.41) is 0. The van der Waals surface area contributed by atoms with Gasteiger partial charge < -0.3 is 13.7 Å². The summed E-state index contributed by atoms with van der Waals surface area (Å²) in [7, 11) is -0.858. The maximum atomic E-state index is 13.3. The van der Waals surface area contributed by atoms with Gasteiger partial charge in [0.25, 0.3) is 0 Å². The van der Waals surface area contributed by atoms with Gasteiger partial charge in [0, 0.05) is 5.56 Å². The molecule has 0 N–H and O–H groups in total. The number of benzene rings is 1. The molecule has 2 heterocycles. The molecule has 1 aliphatic rings. The number of hydrogen-bond acceptors (Lipinski definition) is 3. The largest absolute Gasteiger partial charge is 0.494 e. The molecule has 0 bridgehead atoms. The SMILES string of the molecule is CC1(C)OB(c2cc(-c3ccoc3)cc(C(F)(F)F)c2)OC1(C)C. The Morgan fingerprint density at radius 2 is 1.54 bits per heavy atom. The van der Waals surface area contributed by atoms with E-state index in [1.165, 1.54) is 12.5 Å². The third-order valence-electron chi connectivity index (χ3n) is 4.66. The highest BCUT2D eigenvalue weighted by Gasteiger charge is 2.52. The Labute approximate surface area is 138 Å².